The van der Waals surface area contributed by atoms with E-state index >= 15 is 0 Å². The summed E-state index contributed by atoms with van der Waals surface area (Å²) in [5.74, 6) is 0.849. The molecular weight excluding hydrogens is 390 g/mol. The van der Waals surface area contributed by atoms with Gasteiger partial charge in [-0.05, 0) is 42.7 Å². The Hall–Kier alpha value is -1.93. The summed E-state index contributed by atoms with van der Waals surface area (Å²) in [5.41, 5.74) is 5.38. The smallest absolute Gasteiger partial charge is 0.250 e. The van der Waals surface area contributed by atoms with Crippen LogP contribution in [0, 0.1) is 16.7 Å². The van der Waals surface area contributed by atoms with Crippen LogP contribution in [0.5, 0.6) is 0 Å². The molecule has 2 fully saturated rings. The van der Waals surface area contributed by atoms with E-state index in [-0.39, 0.29) is 22.5 Å². The van der Waals surface area contributed by atoms with Gasteiger partial charge in [0, 0.05) is 11.1 Å². The molecule has 2 bridgehead atoms. The minimum atomic E-state index is -0.0991. The van der Waals surface area contributed by atoms with Crippen molar-refractivity contribution in [2.75, 3.05) is 5.75 Å². The number of fused-ring (bicyclic) bond motifs is 5. The number of hydrogen-bond donors (Lipinski definition) is 1. The minimum absolute atomic E-state index is 0.0991. The van der Waals surface area contributed by atoms with Crippen molar-refractivity contribution in [1.82, 2.24) is 20.0 Å². The summed E-state index contributed by atoms with van der Waals surface area (Å²) in [6, 6.07) is 8.14. The predicted molar refractivity (Wildman–Crippen MR) is 114 cm³/mol. The molecule has 2 aromatic heterocycles. The highest BCUT2D eigenvalue weighted by atomic mass is 32.2. The summed E-state index contributed by atoms with van der Waals surface area (Å²) in [6.45, 7) is 6.98. The maximum atomic E-state index is 12.4. The zero-order valence-corrected chi connectivity index (χ0v) is 17.9. The highest BCUT2D eigenvalue weighted by Gasteiger charge is 2.60. The number of benzene rings is 1. The summed E-state index contributed by atoms with van der Waals surface area (Å²) >= 11 is 3.00. The van der Waals surface area contributed by atoms with E-state index in [1.807, 2.05) is 16.5 Å². The van der Waals surface area contributed by atoms with Crippen LogP contribution in [-0.4, -0.2) is 32.0 Å². The standard InChI is InChI=1S/C20H23N5OS2/c1-19(2)12-8-9-20(19,3)15(10-12)21-22-16(26)11-27-17-23-24-18-25(17)13-6-4-5-7-14(13)28-18/h4-7,12H,8-11H2,1-3H3,(H,22,26)/b21-15-. The molecule has 146 valence electrons. The highest BCUT2D eigenvalue weighted by Crippen LogP contribution is 2.63. The lowest BCUT2D eigenvalue weighted by molar-refractivity contribution is -0.118. The monoisotopic (exact) mass is 413 g/mol. The Balaban J connectivity index is 1.28. The van der Waals surface area contributed by atoms with Gasteiger partial charge in [-0.3, -0.25) is 9.20 Å². The average molecular weight is 414 g/mol. The van der Waals surface area contributed by atoms with E-state index in [0.717, 1.165) is 38.9 Å². The van der Waals surface area contributed by atoms with E-state index in [9.17, 15) is 4.79 Å². The molecule has 0 aliphatic heterocycles. The molecule has 2 heterocycles. The number of hydrogen-bond acceptors (Lipinski definition) is 6. The molecule has 0 radical (unpaired) electrons. The molecule has 2 saturated carbocycles. The van der Waals surface area contributed by atoms with E-state index in [0.29, 0.717) is 5.92 Å². The molecule has 3 aromatic rings. The van der Waals surface area contributed by atoms with Crippen molar-refractivity contribution >= 4 is 49.9 Å². The summed E-state index contributed by atoms with van der Waals surface area (Å²) in [6.07, 6.45) is 3.43. The van der Waals surface area contributed by atoms with Gasteiger partial charge in [0.05, 0.1) is 16.0 Å². The number of rotatable bonds is 4. The lowest BCUT2D eigenvalue weighted by Gasteiger charge is -2.34. The lowest BCUT2D eigenvalue weighted by Crippen LogP contribution is -2.34. The first-order valence-corrected chi connectivity index (χ1v) is 11.4. The Morgan fingerprint density at radius 1 is 1.36 bits per heavy atom. The topological polar surface area (TPSA) is 71.7 Å². The fraction of sp³-hybridized carbons (Fsp3) is 0.500. The van der Waals surface area contributed by atoms with Crippen molar-refractivity contribution in [2.45, 2.75) is 45.2 Å². The van der Waals surface area contributed by atoms with Gasteiger partial charge >= 0.3 is 0 Å². The van der Waals surface area contributed by atoms with Gasteiger partial charge < -0.3 is 0 Å². The number of carbonyl (C=O) groups excluding carboxylic acids is 1. The number of aromatic nitrogens is 3. The number of thioether (sulfide) groups is 1. The number of nitrogens with one attached hydrogen (secondary N) is 1. The van der Waals surface area contributed by atoms with Crippen LogP contribution in [0.4, 0.5) is 0 Å². The normalized spacial score (nSPS) is 27.2. The Morgan fingerprint density at radius 2 is 2.18 bits per heavy atom. The van der Waals surface area contributed by atoms with Gasteiger partial charge in [-0.15, -0.1) is 10.2 Å². The molecular formula is C20H23N5OS2. The number of carbonyl (C=O) groups is 1. The second-order valence-corrected chi connectivity index (χ2v) is 10.5. The summed E-state index contributed by atoms with van der Waals surface area (Å²) in [5, 5.41) is 13.8. The van der Waals surface area contributed by atoms with Crippen molar-refractivity contribution in [3.8, 4) is 0 Å². The molecule has 5 rings (SSSR count). The van der Waals surface area contributed by atoms with Crippen LogP contribution in [-0.2, 0) is 4.79 Å². The number of para-hydroxylation sites is 1. The van der Waals surface area contributed by atoms with E-state index in [4.69, 9.17) is 0 Å². The van der Waals surface area contributed by atoms with Gasteiger partial charge in [0.2, 0.25) is 4.96 Å². The Bertz CT molecular complexity index is 1110. The van der Waals surface area contributed by atoms with Crippen LogP contribution in [0.1, 0.15) is 40.0 Å². The quantitative estimate of drug-likeness (QED) is 0.510. The molecule has 1 amide bonds. The van der Waals surface area contributed by atoms with Crippen LogP contribution in [0.15, 0.2) is 34.5 Å². The van der Waals surface area contributed by atoms with Crippen molar-refractivity contribution in [1.29, 1.82) is 0 Å². The Labute approximate surface area is 171 Å². The minimum Gasteiger partial charge on any atom is -0.272 e. The summed E-state index contributed by atoms with van der Waals surface area (Å²) in [7, 11) is 0. The molecule has 2 aliphatic carbocycles. The van der Waals surface area contributed by atoms with Crippen LogP contribution >= 0.6 is 23.1 Å². The number of nitrogens with zero attached hydrogens (tertiary/aromatic N) is 4. The first-order chi connectivity index (χ1) is 13.4. The van der Waals surface area contributed by atoms with Crippen LogP contribution in [0.3, 0.4) is 0 Å². The molecule has 1 N–H and O–H groups in total. The Morgan fingerprint density at radius 3 is 2.93 bits per heavy atom. The summed E-state index contributed by atoms with van der Waals surface area (Å²) in [4.78, 5) is 13.3. The highest BCUT2D eigenvalue weighted by molar-refractivity contribution is 7.99. The lowest BCUT2D eigenvalue weighted by atomic mass is 9.70. The zero-order valence-electron chi connectivity index (χ0n) is 16.2. The van der Waals surface area contributed by atoms with Gasteiger partial charge in [-0.1, -0.05) is 56.0 Å². The van der Waals surface area contributed by atoms with Gasteiger partial charge in [-0.2, -0.15) is 5.10 Å². The molecule has 28 heavy (non-hydrogen) atoms. The molecule has 2 aliphatic rings. The molecule has 0 spiro atoms. The zero-order chi connectivity index (χ0) is 19.5. The fourth-order valence-electron chi connectivity index (χ4n) is 4.84. The molecule has 2 unspecified atom stereocenters. The average Bonchev–Trinajstić information content (AvgIpc) is 3.34. The fourth-order valence-corrected chi connectivity index (χ4v) is 6.60. The molecule has 0 saturated heterocycles. The second kappa shape index (κ2) is 6.29. The van der Waals surface area contributed by atoms with Crippen LogP contribution < -0.4 is 5.43 Å². The van der Waals surface area contributed by atoms with Gasteiger partial charge in [0.15, 0.2) is 5.16 Å². The van der Waals surface area contributed by atoms with Crippen molar-refractivity contribution in [3.05, 3.63) is 24.3 Å². The van der Waals surface area contributed by atoms with Crippen LogP contribution in [0.2, 0.25) is 0 Å². The molecule has 2 atom stereocenters. The molecule has 1 aromatic carbocycles. The van der Waals surface area contributed by atoms with E-state index in [2.05, 4.69) is 53.6 Å². The van der Waals surface area contributed by atoms with Gasteiger partial charge in [0.25, 0.3) is 5.91 Å². The van der Waals surface area contributed by atoms with Crippen molar-refractivity contribution < 1.29 is 4.79 Å². The third-order valence-corrected chi connectivity index (χ3v) is 9.01. The Kier molecular flexibility index (Phi) is 4.07. The van der Waals surface area contributed by atoms with Gasteiger partial charge in [0.1, 0.15) is 0 Å². The third kappa shape index (κ3) is 2.54. The maximum absolute atomic E-state index is 12.4. The van der Waals surface area contributed by atoms with E-state index < -0.39 is 0 Å². The van der Waals surface area contributed by atoms with Crippen molar-refractivity contribution in [2.24, 2.45) is 21.8 Å². The maximum Gasteiger partial charge on any atom is 0.250 e. The first kappa shape index (κ1) is 18.1. The van der Waals surface area contributed by atoms with E-state index in [1.165, 1.54) is 18.2 Å². The molecule has 6 nitrogen and oxygen atoms in total. The van der Waals surface area contributed by atoms with Gasteiger partial charge in [-0.25, -0.2) is 5.43 Å². The molecule has 8 heteroatoms. The number of hydrazone groups is 1. The largest absolute Gasteiger partial charge is 0.272 e. The number of amides is 1. The van der Waals surface area contributed by atoms with E-state index in [1.54, 1.807) is 11.3 Å². The summed E-state index contributed by atoms with van der Waals surface area (Å²) < 4.78 is 3.18. The predicted octanol–water partition coefficient (Wildman–Crippen LogP) is 4.35. The van der Waals surface area contributed by atoms with Crippen LogP contribution in [0.25, 0.3) is 15.2 Å². The third-order valence-electron chi connectivity index (χ3n) is 7.07. The SMILES string of the molecule is CC12CCC(C/C1=N/NC(=O)CSc1nnc3sc4ccccc4n13)C2(C)C. The second-order valence-electron chi connectivity index (χ2n) is 8.55. The van der Waals surface area contributed by atoms with Crippen molar-refractivity contribution in [3.63, 3.8) is 0 Å². The first-order valence-electron chi connectivity index (χ1n) is 9.61. The number of thiazole rings is 1.